The second-order valence-electron chi connectivity index (χ2n) is 5.19. The van der Waals surface area contributed by atoms with Crippen LogP contribution in [0, 0.1) is 0 Å². The van der Waals surface area contributed by atoms with Crippen molar-refractivity contribution in [1.82, 2.24) is 10.3 Å². The molecule has 1 heterocycles. The van der Waals surface area contributed by atoms with Gasteiger partial charge in [0, 0.05) is 38.6 Å². The molecule has 0 atom stereocenters. The number of aromatic nitrogens is 1. The third kappa shape index (κ3) is 3.76. The van der Waals surface area contributed by atoms with E-state index in [-0.39, 0.29) is 5.91 Å². The maximum atomic E-state index is 12.1. The van der Waals surface area contributed by atoms with Crippen molar-refractivity contribution >= 4 is 44.5 Å². The number of aromatic amines is 1. The lowest BCUT2D eigenvalue weighted by Crippen LogP contribution is -2.24. The summed E-state index contributed by atoms with van der Waals surface area (Å²) in [5.74, 6) is 1.14. The number of fused-ring (bicyclic) bond motifs is 1. The summed E-state index contributed by atoms with van der Waals surface area (Å²) >= 11 is 5.08. The lowest BCUT2D eigenvalue weighted by Gasteiger charge is -2.09. The summed E-state index contributed by atoms with van der Waals surface area (Å²) in [6.07, 6.45) is 1.94. The molecule has 0 aliphatic rings. The van der Waals surface area contributed by atoms with Crippen LogP contribution in [-0.4, -0.2) is 23.8 Å². The fraction of sp³-hybridized carbons (Fsp3) is 0.167. The Bertz CT molecular complexity index is 863. The number of thioether (sulfide) groups is 1. The Kier molecular flexibility index (Phi) is 5.48. The first kappa shape index (κ1) is 16.9. The van der Waals surface area contributed by atoms with Gasteiger partial charge in [0.15, 0.2) is 0 Å². The molecule has 0 saturated heterocycles. The van der Waals surface area contributed by atoms with Gasteiger partial charge in [0.1, 0.15) is 5.75 Å². The van der Waals surface area contributed by atoms with E-state index >= 15 is 0 Å². The molecule has 6 heteroatoms. The number of carbonyl (C=O) groups excluding carboxylic acids is 1. The Morgan fingerprint density at radius 3 is 2.92 bits per heavy atom. The standard InChI is InChI=1S/C18H17BrN2O2S/c1-23-15-8-3-2-5-12(15)9-21-17(22)11-24-16-10-20-14-7-4-6-13(19)18(14)16/h2-8,10,20H,9,11H2,1H3,(H,21,22). The van der Waals surface area contributed by atoms with E-state index in [2.05, 4.69) is 26.2 Å². The summed E-state index contributed by atoms with van der Waals surface area (Å²) in [6, 6.07) is 13.7. The van der Waals surface area contributed by atoms with E-state index in [1.807, 2.05) is 48.7 Å². The van der Waals surface area contributed by atoms with Crippen LogP contribution in [0.2, 0.25) is 0 Å². The summed E-state index contributed by atoms with van der Waals surface area (Å²) in [5.41, 5.74) is 2.02. The van der Waals surface area contributed by atoms with E-state index in [4.69, 9.17) is 4.74 Å². The molecule has 1 amide bonds. The monoisotopic (exact) mass is 404 g/mol. The van der Waals surface area contributed by atoms with Gasteiger partial charge in [-0.15, -0.1) is 11.8 Å². The number of amides is 1. The molecular weight excluding hydrogens is 388 g/mol. The van der Waals surface area contributed by atoms with Gasteiger partial charge in [0.25, 0.3) is 0 Å². The number of nitrogens with one attached hydrogen (secondary N) is 2. The predicted octanol–water partition coefficient (Wildman–Crippen LogP) is 4.35. The van der Waals surface area contributed by atoms with Crippen molar-refractivity contribution in [3.63, 3.8) is 0 Å². The topological polar surface area (TPSA) is 54.1 Å². The van der Waals surface area contributed by atoms with Crippen LogP contribution in [-0.2, 0) is 11.3 Å². The molecule has 0 aliphatic carbocycles. The molecular formula is C18H17BrN2O2S. The lowest BCUT2D eigenvalue weighted by molar-refractivity contribution is -0.118. The zero-order valence-corrected chi connectivity index (χ0v) is 15.5. The van der Waals surface area contributed by atoms with Crippen LogP contribution in [0.15, 0.2) is 58.0 Å². The Balaban J connectivity index is 1.59. The van der Waals surface area contributed by atoms with Gasteiger partial charge in [-0.2, -0.15) is 0 Å². The largest absolute Gasteiger partial charge is 0.496 e. The highest BCUT2D eigenvalue weighted by Crippen LogP contribution is 2.33. The van der Waals surface area contributed by atoms with Crippen molar-refractivity contribution in [2.24, 2.45) is 0 Å². The average Bonchev–Trinajstić information content (AvgIpc) is 3.03. The van der Waals surface area contributed by atoms with E-state index in [9.17, 15) is 4.79 Å². The highest BCUT2D eigenvalue weighted by molar-refractivity contribution is 9.10. The first-order valence-electron chi connectivity index (χ1n) is 7.46. The fourth-order valence-corrected chi connectivity index (χ4v) is 4.07. The molecule has 1 aromatic heterocycles. The Hall–Kier alpha value is -1.92. The fourth-order valence-electron chi connectivity index (χ4n) is 2.46. The molecule has 0 unspecified atom stereocenters. The van der Waals surface area contributed by atoms with Crippen molar-refractivity contribution < 1.29 is 9.53 Å². The average molecular weight is 405 g/mol. The van der Waals surface area contributed by atoms with Crippen LogP contribution in [0.5, 0.6) is 5.75 Å². The van der Waals surface area contributed by atoms with Gasteiger partial charge in [0.05, 0.1) is 12.9 Å². The van der Waals surface area contributed by atoms with Gasteiger partial charge in [-0.05, 0) is 18.2 Å². The normalized spacial score (nSPS) is 10.8. The van der Waals surface area contributed by atoms with Crippen LogP contribution >= 0.6 is 27.7 Å². The first-order valence-corrected chi connectivity index (χ1v) is 9.24. The van der Waals surface area contributed by atoms with Gasteiger partial charge in [-0.25, -0.2) is 0 Å². The van der Waals surface area contributed by atoms with Crippen LogP contribution < -0.4 is 10.1 Å². The zero-order chi connectivity index (χ0) is 16.9. The van der Waals surface area contributed by atoms with Crippen molar-refractivity contribution in [1.29, 1.82) is 0 Å². The van der Waals surface area contributed by atoms with Gasteiger partial charge in [-0.1, -0.05) is 40.2 Å². The number of hydrogen-bond acceptors (Lipinski definition) is 3. The van der Waals surface area contributed by atoms with Crippen molar-refractivity contribution in [2.45, 2.75) is 11.4 Å². The number of benzene rings is 2. The molecule has 0 fully saturated rings. The van der Waals surface area contributed by atoms with Crippen molar-refractivity contribution in [3.05, 3.63) is 58.7 Å². The Morgan fingerprint density at radius 1 is 1.25 bits per heavy atom. The minimum Gasteiger partial charge on any atom is -0.496 e. The molecule has 0 aliphatic heterocycles. The third-order valence-corrected chi connectivity index (χ3v) is 5.35. The molecule has 3 rings (SSSR count). The number of methoxy groups -OCH3 is 1. The maximum Gasteiger partial charge on any atom is 0.230 e. The van der Waals surface area contributed by atoms with Crippen LogP contribution in [0.3, 0.4) is 0 Å². The Labute approximate surface area is 153 Å². The molecule has 4 nitrogen and oxygen atoms in total. The van der Waals surface area contributed by atoms with Gasteiger partial charge < -0.3 is 15.0 Å². The summed E-state index contributed by atoms with van der Waals surface area (Å²) in [4.78, 5) is 16.4. The summed E-state index contributed by atoms with van der Waals surface area (Å²) in [6.45, 7) is 0.459. The molecule has 2 aromatic carbocycles. The summed E-state index contributed by atoms with van der Waals surface area (Å²) in [5, 5.41) is 4.05. The SMILES string of the molecule is COc1ccccc1CNC(=O)CSc1c[nH]c2cccc(Br)c12. The van der Waals surface area contributed by atoms with E-state index in [1.54, 1.807) is 7.11 Å². The second-order valence-corrected chi connectivity index (χ2v) is 7.06. The van der Waals surface area contributed by atoms with Crippen LogP contribution in [0.25, 0.3) is 10.9 Å². The molecule has 124 valence electrons. The summed E-state index contributed by atoms with van der Waals surface area (Å²) < 4.78 is 6.32. The summed E-state index contributed by atoms with van der Waals surface area (Å²) in [7, 11) is 1.63. The molecule has 0 spiro atoms. The minimum absolute atomic E-state index is 0.00712. The highest BCUT2D eigenvalue weighted by Gasteiger charge is 2.10. The number of ether oxygens (including phenoxy) is 1. The van der Waals surface area contributed by atoms with Gasteiger partial charge in [-0.3, -0.25) is 4.79 Å². The number of hydrogen-bond donors (Lipinski definition) is 2. The molecule has 24 heavy (non-hydrogen) atoms. The van der Waals surface area contributed by atoms with Crippen LogP contribution in [0.4, 0.5) is 0 Å². The van der Waals surface area contributed by atoms with Crippen LogP contribution in [0.1, 0.15) is 5.56 Å². The lowest BCUT2D eigenvalue weighted by atomic mass is 10.2. The number of halogens is 1. The number of H-pyrrole nitrogens is 1. The van der Waals surface area contributed by atoms with Crippen molar-refractivity contribution in [3.8, 4) is 5.75 Å². The van der Waals surface area contributed by atoms with E-state index in [0.717, 1.165) is 31.6 Å². The number of rotatable bonds is 6. The minimum atomic E-state index is -0.00712. The molecule has 2 N–H and O–H groups in total. The van der Waals surface area contributed by atoms with E-state index < -0.39 is 0 Å². The van der Waals surface area contributed by atoms with E-state index in [0.29, 0.717) is 12.3 Å². The second kappa shape index (κ2) is 7.77. The maximum absolute atomic E-state index is 12.1. The predicted molar refractivity (Wildman–Crippen MR) is 102 cm³/mol. The molecule has 0 radical (unpaired) electrons. The first-order chi connectivity index (χ1) is 11.7. The van der Waals surface area contributed by atoms with Gasteiger partial charge >= 0.3 is 0 Å². The molecule has 0 bridgehead atoms. The quantitative estimate of drug-likeness (QED) is 0.600. The molecule has 0 saturated carbocycles. The van der Waals surface area contributed by atoms with Gasteiger partial charge in [0.2, 0.25) is 5.91 Å². The van der Waals surface area contributed by atoms with Crippen molar-refractivity contribution in [2.75, 3.05) is 12.9 Å². The smallest absolute Gasteiger partial charge is 0.230 e. The Morgan fingerprint density at radius 2 is 2.08 bits per heavy atom. The zero-order valence-electron chi connectivity index (χ0n) is 13.1. The van der Waals surface area contributed by atoms with E-state index in [1.165, 1.54) is 11.8 Å². The number of carbonyl (C=O) groups is 1. The third-order valence-electron chi connectivity index (χ3n) is 3.65. The highest BCUT2D eigenvalue weighted by atomic mass is 79.9. The molecule has 3 aromatic rings. The number of para-hydroxylation sites is 1.